The van der Waals surface area contributed by atoms with Crippen LogP contribution in [-0.2, 0) is 5.41 Å². The summed E-state index contributed by atoms with van der Waals surface area (Å²) in [6, 6.07) is 0. The third-order valence-corrected chi connectivity index (χ3v) is 3.39. The van der Waals surface area contributed by atoms with E-state index in [1.165, 1.54) is 0 Å². The largest absolute Gasteiger partial charge is 0.394 e. The molecule has 1 amide bonds. The maximum Gasteiger partial charge on any atom is 0.291 e. The van der Waals surface area contributed by atoms with Gasteiger partial charge in [0.05, 0.1) is 12.1 Å². The van der Waals surface area contributed by atoms with Gasteiger partial charge in [-0.1, -0.05) is 20.8 Å². The second-order valence-corrected chi connectivity index (χ2v) is 6.00. The van der Waals surface area contributed by atoms with Crippen molar-refractivity contribution in [1.82, 2.24) is 20.5 Å². The molecule has 0 bridgehead atoms. The van der Waals surface area contributed by atoms with E-state index in [9.17, 15) is 9.90 Å². The summed E-state index contributed by atoms with van der Waals surface area (Å²) in [5.41, 5.74) is -0.629. The lowest BCUT2D eigenvalue weighted by Gasteiger charge is -2.40. The van der Waals surface area contributed by atoms with Gasteiger partial charge in [-0.2, -0.15) is 0 Å². The molecule has 3 N–H and O–H groups in total. The Balaban J connectivity index is 2.08. The zero-order chi connectivity index (χ0) is 13.4. The van der Waals surface area contributed by atoms with E-state index in [0.29, 0.717) is 5.82 Å². The van der Waals surface area contributed by atoms with Gasteiger partial charge in [-0.25, -0.2) is 4.98 Å². The summed E-state index contributed by atoms with van der Waals surface area (Å²) in [6.45, 7) is 5.96. The molecule has 1 aliphatic rings. The lowest BCUT2D eigenvalue weighted by atomic mass is 9.77. The van der Waals surface area contributed by atoms with Crippen molar-refractivity contribution >= 4 is 5.91 Å². The van der Waals surface area contributed by atoms with Crippen molar-refractivity contribution in [2.24, 2.45) is 0 Å². The molecule has 1 aromatic rings. The van der Waals surface area contributed by atoms with Crippen LogP contribution in [0.25, 0.3) is 0 Å². The topological polar surface area (TPSA) is 90.9 Å². The van der Waals surface area contributed by atoms with Crippen molar-refractivity contribution in [3.8, 4) is 0 Å². The van der Waals surface area contributed by atoms with Gasteiger partial charge in [-0.3, -0.25) is 9.89 Å². The maximum atomic E-state index is 12.0. The number of nitrogens with zero attached hydrogens (tertiary/aromatic N) is 2. The first-order chi connectivity index (χ1) is 8.36. The van der Waals surface area contributed by atoms with Crippen LogP contribution in [0.4, 0.5) is 0 Å². The first kappa shape index (κ1) is 13.0. The van der Waals surface area contributed by atoms with E-state index in [2.05, 4.69) is 20.5 Å². The molecule has 6 heteroatoms. The normalized spacial score (nSPS) is 18.2. The number of amides is 1. The fraction of sp³-hybridized carbons (Fsp3) is 0.750. The van der Waals surface area contributed by atoms with Crippen LogP contribution < -0.4 is 5.32 Å². The average Bonchev–Trinajstić information content (AvgIpc) is 2.71. The van der Waals surface area contributed by atoms with E-state index in [0.717, 1.165) is 19.3 Å². The highest BCUT2D eigenvalue weighted by Gasteiger charge is 2.38. The van der Waals surface area contributed by atoms with Crippen molar-refractivity contribution in [2.75, 3.05) is 6.61 Å². The van der Waals surface area contributed by atoms with Crippen molar-refractivity contribution < 1.29 is 9.90 Å². The van der Waals surface area contributed by atoms with Crippen LogP contribution in [-0.4, -0.2) is 38.3 Å². The van der Waals surface area contributed by atoms with Crippen LogP contribution in [0.2, 0.25) is 0 Å². The number of hydrogen-bond acceptors (Lipinski definition) is 4. The zero-order valence-corrected chi connectivity index (χ0v) is 11.1. The van der Waals surface area contributed by atoms with Crippen LogP contribution in [0.3, 0.4) is 0 Å². The molecule has 0 spiro atoms. The predicted octanol–water partition coefficient (Wildman–Crippen LogP) is 0.747. The Morgan fingerprint density at radius 2 is 2.17 bits per heavy atom. The van der Waals surface area contributed by atoms with Crippen LogP contribution in [0.5, 0.6) is 0 Å². The lowest BCUT2D eigenvalue weighted by Crippen LogP contribution is -2.56. The average molecular weight is 252 g/mol. The van der Waals surface area contributed by atoms with E-state index in [1.807, 2.05) is 20.8 Å². The number of hydrogen-bond donors (Lipinski definition) is 3. The molecule has 0 aliphatic heterocycles. The minimum atomic E-state index is -0.459. The summed E-state index contributed by atoms with van der Waals surface area (Å²) in [5.74, 6) is 0.495. The highest BCUT2D eigenvalue weighted by atomic mass is 16.3. The summed E-state index contributed by atoms with van der Waals surface area (Å²) in [4.78, 5) is 16.2. The molecule has 18 heavy (non-hydrogen) atoms. The summed E-state index contributed by atoms with van der Waals surface area (Å²) in [6.07, 6.45) is 2.65. The molecule has 2 rings (SSSR count). The first-order valence-corrected chi connectivity index (χ1v) is 6.23. The summed E-state index contributed by atoms with van der Waals surface area (Å²) in [7, 11) is 0. The fourth-order valence-electron chi connectivity index (χ4n) is 1.92. The smallest absolute Gasteiger partial charge is 0.291 e. The molecule has 100 valence electrons. The summed E-state index contributed by atoms with van der Waals surface area (Å²) < 4.78 is 0. The SMILES string of the molecule is CC(C)(C)c1nc(C(=O)NC2(CO)CCC2)n[nH]1. The number of H-pyrrole nitrogens is 1. The number of nitrogens with one attached hydrogen (secondary N) is 2. The van der Waals surface area contributed by atoms with E-state index in [4.69, 9.17) is 0 Å². The first-order valence-electron chi connectivity index (χ1n) is 6.23. The molecule has 1 heterocycles. The summed E-state index contributed by atoms with van der Waals surface area (Å²) in [5, 5.41) is 18.8. The van der Waals surface area contributed by atoms with Crippen LogP contribution in [0, 0.1) is 0 Å². The van der Waals surface area contributed by atoms with Gasteiger partial charge in [-0.05, 0) is 19.3 Å². The van der Waals surface area contributed by atoms with Crippen molar-refractivity contribution in [3.05, 3.63) is 11.6 Å². The Labute approximate surface area is 106 Å². The molecular formula is C12H20N4O2. The fourth-order valence-corrected chi connectivity index (χ4v) is 1.92. The van der Waals surface area contributed by atoms with Gasteiger partial charge >= 0.3 is 0 Å². The third kappa shape index (κ3) is 2.38. The van der Waals surface area contributed by atoms with E-state index < -0.39 is 5.54 Å². The number of aromatic nitrogens is 3. The third-order valence-electron chi connectivity index (χ3n) is 3.39. The van der Waals surface area contributed by atoms with Gasteiger partial charge in [0.2, 0.25) is 5.82 Å². The zero-order valence-electron chi connectivity index (χ0n) is 11.1. The number of rotatable bonds is 3. The Hall–Kier alpha value is -1.43. The highest BCUT2D eigenvalue weighted by Crippen LogP contribution is 2.31. The Kier molecular flexibility index (Phi) is 3.14. The number of carbonyl (C=O) groups excluding carboxylic acids is 1. The summed E-state index contributed by atoms with van der Waals surface area (Å²) >= 11 is 0. The second-order valence-electron chi connectivity index (χ2n) is 6.00. The van der Waals surface area contributed by atoms with Crippen molar-refractivity contribution in [1.29, 1.82) is 0 Å². The molecular weight excluding hydrogens is 232 g/mol. The lowest BCUT2D eigenvalue weighted by molar-refractivity contribution is 0.0633. The minimum absolute atomic E-state index is 0.0324. The number of aromatic amines is 1. The second kappa shape index (κ2) is 4.35. The minimum Gasteiger partial charge on any atom is -0.394 e. The van der Waals surface area contributed by atoms with Crippen molar-refractivity contribution in [3.63, 3.8) is 0 Å². The quantitative estimate of drug-likeness (QED) is 0.740. The van der Waals surface area contributed by atoms with Gasteiger partial charge in [-0.15, -0.1) is 5.10 Å². The molecule has 0 radical (unpaired) electrons. The Bertz CT molecular complexity index is 438. The number of aliphatic hydroxyl groups excluding tert-OH is 1. The van der Waals surface area contributed by atoms with Gasteiger partial charge < -0.3 is 10.4 Å². The Morgan fingerprint density at radius 1 is 1.50 bits per heavy atom. The van der Waals surface area contributed by atoms with Crippen molar-refractivity contribution in [2.45, 2.75) is 51.0 Å². The highest BCUT2D eigenvalue weighted by molar-refractivity contribution is 5.91. The number of carbonyl (C=O) groups is 1. The molecule has 6 nitrogen and oxygen atoms in total. The number of aliphatic hydroxyl groups is 1. The standard InChI is InChI=1S/C12H20N4O2/c1-11(2,3)10-13-8(15-16-10)9(18)14-12(7-17)5-4-6-12/h17H,4-7H2,1-3H3,(H,14,18)(H,13,15,16). The van der Waals surface area contributed by atoms with Gasteiger partial charge in [0, 0.05) is 5.41 Å². The van der Waals surface area contributed by atoms with Crippen LogP contribution >= 0.6 is 0 Å². The molecule has 1 fully saturated rings. The van der Waals surface area contributed by atoms with E-state index >= 15 is 0 Å². The Morgan fingerprint density at radius 3 is 2.56 bits per heavy atom. The monoisotopic (exact) mass is 252 g/mol. The van der Waals surface area contributed by atoms with Crippen LogP contribution in [0.15, 0.2) is 0 Å². The van der Waals surface area contributed by atoms with Gasteiger partial charge in [0.15, 0.2) is 0 Å². The van der Waals surface area contributed by atoms with Gasteiger partial charge in [0.25, 0.3) is 5.91 Å². The molecule has 1 aromatic heterocycles. The molecule has 1 aliphatic carbocycles. The van der Waals surface area contributed by atoms with E-state index in [-0.39, 0.29) is 23.8 Å². The molecule has 0 unspecified atom stereocenters. The molecule has 0 atom stereocenters. The van der Waals surface area contributed by atoms with Gasteiger partial charge in [0.1, 0.15) is 5.82 Å². The maximum absolute atomic E-state index is 12.0. The molecule has 1 saturated carbocycles. The molecule has 0 aromatic carbocycles. The van der Waals surface area contributed by atoms with E-state index in [1.54, 1.807) is 0 Å². The predicted molar refractivity (Wildman–Crippen MR) is 66.2 cm³/mol. The van der Waals surface area contributed by atoms with Crippen LogP contribution in [0.1, 0.15) is 56.5 Å². The molecule has 0 saturated heterocycles.